The Balaban J connectivity index is 2.14. The van der Waals surface area contributed by atoms with Crippen molar-refractivity contribution in [2.24, 2.45) is 11.7 Å². The second-order valence-corrected chi connectivity index (χ2v) is 4.00. The van der Waals surface area contributed by atoms with Crippen molar-refractivity contribution in [2.45, 2.75) is 25.1 Å². The Morgan fingerprint density at radius 1 is 1.13 bits per heavy atom. The first-order valence-electron chi connectivity index (χ1n) is 4.87. The highest BCUT2D eigenvalue weighted by Crippen LogP contribution is 2.33. The fraction of sp³-hybridized carbons (Fsp3) is 0.455. The van der Waals surface area contributed by atoms with Crippen molar-refractivity contribution in [3.63, 3.8) is 0 Å². The Labute approximate surface area is 86.1 Å². The molecule has 1 aliphatic carbocycles. The van der Waals surface area contributed by atoms with Gasteiger partial charge in [0.15, 0.2) is 0 Å². The molecule has 0 spiro atoms. The molecule has 0 amide bonds. The van der Waals surface area contributed by atoms with Crippen LogP contribution in [0.15, 0.2) is 24.3 Å². The average Bonchev–Trinajstić information content (AvgIpc) is 2.58. The van der Waals surface area contributed by atoms with Crippen LogP contribution in [0.5, 0.6) is 0 Å². The van der Waals surface area contributed by atoms with E-state index in [1.54, 1.807) is 0 Å². The van der Waals surface area contributed by atoms with E-state index in [1.165, 1.54) is 0 Å². The van der Waals surface area contributed by atoms with E-state index < -0.39 is 18.1 Å². The quantitative estimate of drug-likeness (QED) is 0.764. The summed E-state index contributed by atoms with van der Waals surface area (Å²) in [5.74, 6) is -0.498. The lowest BCUT2D eigenvalue weighted by Gasteiger charge is -2.21. The van der Waals surface area contributed by atoms with Gasteiger partial charge in [-0.2, -0.15) is 13.2 Å². The molecule has 1 atom stereocenters. The lowest BCUT2D eigenvalue weighted by molar-refractivity contribution is -0.158. The Hall–Kier alpha value is -1.03. The van der Waals surface area contributed by atoms with E-state index >= 15 is 0 Å². The van der Waals surface area contributed by atoms with Crippen LogP contribution in [0.25, 0.3) is 0 Å². The minimum absolute atomic E-state index is 0.441. The molecule has 0 saturated carbocycles. The summed E-state index contributed by atoms with van der Waals surface area (Å²) in [5, 5.41) is 0. The summed E-state index contributed by atoms with van der Waals surface area (Å²) < 4.78 is 37.2. The molecule has 0 fully saturated rings. The third-order valence-corrected chi connectivity index (χ3v) is 2.97. The van der Waals surface area contributed by atoms with Gasteiger partial charge in [-0.3, -0.25) is 0 Å². The van der Waals surface area contributed by atoms with Crippen molar-refractivity contribution in [3.05, 3.63) is 35.4 Å². The van der Waals surface area contributed by atoms with Gasteiger partial charge < -0.3 is 5.73 Å². The van der Waals surface area contributed by atoms with Gasteiger partial charge in [0, 0.05) is 0 Å². The van der Waals surface area contributed by atoms with E-state index in [2.05, 4.69) is 0 Å². The largest absolute Gasteiger partial charge is 0.403 e. The molecule has 1 aliphatic rings. The zero-order valence-electron chi connectivity index (χ0n) is 8.09. The highest BCUT2D eigenvalue weighted by molar-refractivity contribution is 5.32. The normalized spacial score (nSPS) is 18.9. The minimum atomic E-state index is -4.29. The molecule has 0 saturated heterocycles. The van der Waals surface area contributed by atoms with Crippen molar-refractivity contribution in [3.8, 4) is 0 Å². The van der Waals surface area contributed by atoms with E-state index in [-0.39, 0.29) is 0 Å². The first-order chi connectivity index (χ1) is 6.98. The number of hydrogen-bond donors (Lipinski definition) is 1. The van der Waals surface area contributed by atoms with Crippen LogP contribution in [0.4, 0.5) is 13.2 Å². The van der Waals surface area contributed by atoms with Crippen LogP contribution in [-0.4, -0.2) is 12.2 Å². The molecule has 0 bridgehead atoms. The van der Waals surface area contributed by atoms with Gasteiger partial charge in [-0.05, 0) is 29.9 Å². The molecular weight excluding hydrogens is 203 g/mol. The standard InChI is InChI=1S/C11H12F3N/c12-11(13,14)10(15)9-5-7-3-1-2-4-8(7)6-9/h1-4,9-10H,5-6,15H2. The van der Waals surface area contributed by atoms with E-state index in [1.807, 2.05) is 24.3 Å². The summed E-state index contributed by atoms with van der Waals surface area (Å²) in [4.78, 5) is 0. The van der Waals surface area contributed by atoms with Gasteiger partial charge in [0.25, 0.3) is 0 Å². The minimum Gasteiger partial charge on any atom is -0.320 e. The molecule has 2 N–H and O–H groups in total. The van der Waals surface area contributed by atoms with E-state index in [0.717, 1.165) is 11.1 Å². The van der Waals surface area contributed by atoms with Gasteiger partial charge in [0.1, 0.15) is 6.04 Å². The zero-order chi connectivity index (χ0) is 11.1. The van der Waals surface area contributed by atoms with Crippen LogP contribution in [0, 0.1) is 5.92 Å². The number of nitrogens with two attached hydrogens (primary N) is 1. The molecule has 82 valence electrons. The number of halogens is 3. The molecule has 15 heavy (non-hydrogen) atoms. The topological polar surface area (TPSA) is 26.0 Å². The molecule has 1 unspecified atom stereocenters. The molecule has 1 aromatic carbocycles. The molecular formula is C11H12F3N. The molecule has 1 nitrogen and oxygen atoms in total. The Bertz CT molecular complexity index is 334. The lowest BCUT2D eigenvalue weighted by atomic mass is 9.97. The van der Waals surface area contributed by atoms with Gasteiger partial charge in [0.2, 0.25) is 0 Å². The SMILES string of the molecule is NC(C1Cc2ccccc2C1)C(F)(F)F. The van der Waals surface area contributed by atoms with Crippen molar-refractivity contribution >= 4 is 0 Å². The molecule has 0 radical (unpaired) electrons. The van der Waals surface area contributed by atoms with Gasteiger partial charge in [-0.25, -0.2) is 0 Å². The first kappa shape index (κ1) is 10.5. The predicted molar refractivity (Wildman–Crippen MR) is 51.4 cm³/mol. The summed E-state index contributed by atoms with van der Waals surface area (Å²) in [7, 11) is 0. The summed E-state index contributed by atoms with van der Waals surface area (Å²) in [6.45, 7) is 0. The van der Waals surface area contributed by atoms with Crippen molar-refractivity contribution < 1.29 is 13.2 Å². The summed E-state index contributed by atoms with van der Waals surface area (Å²) in [6, 6.07) is 5.74. The van der Waals surface area contributed by atoms with Gasteiger partial charge in [0.05, 0.1) is 0 Å². The third kappa shape index (κ3) is 2.00. The van der Waals surface area contributed by atoms with Crippen LogP contribution in [0.3, 0.4) is 0 Å². The molecule has 4 heteroatoms. The fourth-order valence-corrected chi connectivity index (χ4v) is 2.11. The van der Waals surface area contributed by atoms with Crippen molar-refractivity contribution in [1.29, 1.82) is 0 Å². The number of alkyl halides is 3. The number of hydrogen-bond acceptors (Lipinski definition) is 1. The van der Waals surface area contributed by atoms with Crippen molar-refractivity contribution in [1.82, 2.24) is 0 Å². The molecule has 0 aliphatic heterocycles. The van der Waals surface area contributed by atoms with E-state index in [0.29, 0.717) is 12.8 Å². The maximum Gasteiger partial charge on any atom is 0.403 e. The lowest BCUT2D eigenvalue weighted by Crippen LogP contribution is -2.44. The van der Waals surface area contributed by atoms with Gasteiger partial charge in [-0.1, -0.05) is 24.3 Å². The molecule has 0 aromatic heterocycles. The molecule has 1 aromatic rings. The van der Waals surface area contributed by atoms with Crippen LogP contribution in [0.1, 0.15) is 11.1 Å². The second-order valence-electron chi connectivity index (χ2n) is 4.00. The summed E-state index contributed by atoms with van der Waals surface area (Å²) >= 11 is 0. The predicted octanol–water partition coefficient (Wildman–Crippen LogP) is 2.29. The molecule has 0 heterocycles. The van der Waals surface area contributed by atoms with Gasteiger partial charge in [-0.15, -0.1) is 0 Å². The smallest absolute Gasteiger partial charge is 0.320 e. The number of rotatable bonds is 1. The fourth-order valence-electron chi connectivity index (χ4n) is 2.11. The number of benzene rings is 1. The summed E-state index contributed by atoms with van der Waals surface area (Å²) in [5.41, 5.74) is 7.21. The van der Waals surface area contributed by atoms with Crippen LogP contribution in [-0.2, 0) is 12.8 Å². The third-order valence-electron chi connectivity index (χ3n) is 2.97. The first-order valence-corrected chi connectivity index (χ1v) is 4.87. The van der Waals surface area contributed by atoms with E-state index in [4.69, 9.17) is 5.73 Å². The average molecular weight is 215 g/mol. The van der Waals surface area contributed by atoms with E-state index in [9.17, 15) is 13.2 Å². The van der Waals surface area contributed by atoms with Crippen molar-refractivity contribution in [2.75, 3.05) is 0 Å². The Kier molecular flexibility index (Phi) is 2.46. The van der Waals surface area contributed by atoms with Crippen LogP contribution < -0.4 is 5.73 Å². The summed E-state index contributed by atoms with van der Waals surface area (Å²) in [6.07, 6.45) is -3.40. The van der Waals surface area contributed by atoms with Crippen LogP contribution >= 0.6 is 0 Å². The van der Waals surface area contributed by atoms with Gasteiger partial charge >= 0.3 is 6.18 Å². The highest BCUT2D eigenvalue weighted by atomic mass is 19.4. The Morgan fingerprint density at radius 3 is 2.00 bits per heavy atom. The maximum absolute atomic E-state index is 12.4. The van der Waals surface area contributed by atoms with Crippen LogP contribution in [0.2, 0.25) is 0 Å². The monoisotopic (exact) mass is 215 g/mol. The molecule has 2 rings (SSSR count). The zero-order valence-corrected chi connectivity index (χ0v) is 8.09. The highest BCUT2D eigenvalue weighted by Gasteiger charge is 2.43. The second kappa shape index (κ2) is 3.52. The maximum atomic E-state index is 12.4. The number of fused-ring (bicyclic) bond motifs is 1. The Morgan fingerprint density at radius 2 is 1.60 bits per heavy atom.